The van der Waals surface area contributed by atoms with E-state index in [4.69, 9.17) is 14.2 Å². The lowest BCUT2D eigenvalue weighted by molar-refractivity contribution is -0.150. The van der Waals surface area contributed by atoms with Crippen molar-refractivity contribution in [3.63, 3.8) is 0 Å². The Hall–Kier alpha value is -2.55. The van der Waals surface area contributed by atoms with Gasteiger partial charge in [-0.05, 0) is 46.5 Å². The van der Waals surface area contributed by atoms with Crippen molar-refractivity contribution in [2.45, 2.75) is 24.9 Å². The first kappa shape index (κ1) is 25.1. The van der Waals surface area contributed by atoms with Gasteiger partial charge in [0.15, 0.2) is 0 Å². The number of nitrogens with zero attached hydrogens (tertiary/aromatic N) is 1. The third-order valence-electron chi connectivity index (χ3n) is 5.42. The molecule has 2 N–H and O–H groups in total. The van der Waals surface area contributed by atoms with E-state index in [1.807, 2.05) is 0 Å². The zero-order valence-corrected chi connectivity index (χ0v) is 20.6. The lowest BCUT2D eigenvalue weighted by atomic mass is 9.78. The number of thioether (sulfide) groups is 1. The van der Waals surface area contributed by atoms with Gasteiger partial charge in [0.25, 0.3) is 0 Å². The molecule has 2 amide bonds. The van der Waals surface area contributed by atoms with Crippen molar-refractivity contribution < 1.29 is 28.6 Å². The van der Waals surface area contributed by atoms with Gasteiger partial charge in [0.05, 0.1) is 47.2 Å². The number of nitriles is 1. The molecule has 1 aromatic carbocycles. The van der Waals surface area contributed by atoms with Crippen LogP contribution in [-0.4, -0.2) is 57.0 Å². The predicted molar refractivity (Wildman–Crippen MR) is 124 cm³/mol. The lowest BCUT2D eigenvalue weighted by Crippen LogP contribution is -2.44. The molecule has 9 nitrogen and oxygen atoms in total. The van der Waals surface area contributed by atoms with E-state index in [-0.39, 0.29) is 28.4 Å². The second kappa shape index (κ2) is 11.5. The Bertz CT molecular complexity index is 1000. The van der Waals surface area contributed by atoms with Crippen LogP contribution in [0.5, 0.6) is 5.75 Å². The van der Waals surface area contributed by atoms with Gasteiger partial charge in [0.1, 0.15) is 11.7 Å². The highest BCUT2D eigenvalue weighted by Crippen LogP contribution is 2.42. The average molecular weight is 538 g/mol. The molecule has 176 valence electrons. The Morgan fingerprint density at radius 2 is 2.18 bits per heavy atom. The van der Waals surface area contributed by atoms with Crippen molar-refractivity contribution in [2.75, 3.05) is 33.1 Å². The molecule has 2 aliphatic heterocycles. The fourth-order valence-corrected chi connectivity index (χ4v) is 5.21. The van der Waals surface area contributed by atoms with Crippen LogP contribution in [0.2, 0.25) is 0 Å². The van der Waals surface area contributed by atoms with Crippen LogP contribution in [0.15, 0.2) is 33.3 Å². The molecule has 0 aliphatic carbocycles. The second-order valence-corrected chi connectivity index (χ2v) is 9.28. The van der Waals surface area contributed by atoms with Crippen LogP contribution in [0, 0.1) is 17.2 Å². The Morgan fingerprint density at radius 1 is 1.39 bits per heavy atom. The summed E-state index contributed by atoms with van der Waals surface area (Å²) in [7, 11) is 2.71. The molecular formula is C22H24BrN3O6S. The summed E-state index contributed by atoms with van der Waals surface area (Å²) in [5.41, 5.74) is 0.740. The number of benzene rings is 1. The van der Waals surface area contributed by atoms with E-state index >= 15 is 0 Å². The summed E-state index contributed by atoms with van der Waals surface area (Å²) in [4.78, 5) is 37.7. The summed E-state index contributed by atoms with van der Waals surface area (Å²) in [6, 6.07) is 7.19. The summed E-state index contributed by atoms with van der Waals surface area (Å²) in [6.07, 6.45) is 1.89. The Balaban J connectivity index is 1.86. The number of amides is 2. The smallest absolute Gasteiger partial charge is 0.319 e. The number of carbonyl (C=O) groups excluding carboxylic acids is 3. The van der Waals surface area contributed by atoms with E-state index in [0.29, 0.717) is 28.9 Å². The summed E-state index contributed by atoms with van der Waals surface area (Å²) < 4.78 is 16.2. The molecule has 1 aromatic rings. The van der Waals surface area contributed by atoms with Gasteiger partial charge in [-0.25, -0.2) is 0 Å². The first-order chi connectivity index (χ1) is 15.9. The van der Waals surface area contributed by atoms with Gasteiger partial charge in [0.2, 0.25) is 11.8 Å². The van der Waals surface area contributed by atoms with E-state index in [9.17, 15) is 19.6 Å². The number of rotatable bonds is 8. The van der Waals surface area contributed by atoms with Gasteiger partial charge in [-0.15, -0.1) is 0 Å². The number of ether oxygens (including phenoxy) is 3. The highest BCUT2D eigenvalue weighted by Gasteiger charge is 2.44. The summed E-state index contributed by atoms with van der Waals surface area (Å²) in [5.74, 6) is -3.16. The van der Waals surface area contributed by atoms with Gasteiger partial charge >= 0.3 is 5.97 Å². The van der Waals surface area contributed by atoms with Gasteiger partial charge < -0.3 is 24.8 Å². The lowest BCUT2D eigenvalue weighted by Gasteiger charge is -2.31. The number of carbonyl (C=O) groups is 3. The molecule has 3 rings (SSSR count). The maximum atomic E-state index is 12.9. The Morgan fingerprint density at radius 3 is 2.79 bits per heavy atom. The monoisotopic (exact) mass is 537 g/mol. The molecule has 0 saturated carbocycles. The molecule has 33 heavy (non-hydrogen) atoms. The third-order valence-corrected chi connectivity index (χ3v) is 7.05. The molecule has 0 unspecified atom stereocenters. The average Bonchev–Trinajstić information content (AvgIpc) is 3.34. The van der Waals surface area contributed by atoms with Gasteiger partial charge in [-0.2, -0.15) is 5.26 Å². The molecular weight excluding hydrogens is 514 g/mol. The number of hydrogen-bond donors (Lipinski definition) is 2. The fraction of sp³-hybridized carbons (Fsp3) is 0.455. The molecule has 2 heterocycles. The predicted octanol–water partition coefficient (Wildman–Crippen LogP) is 2.22. The van der Waals surface area contributed by atoms with E-state index in [2.05, 4.69) is 32.6 Å². The van der Waals surface area contributed by atoms with Crippen LogP contribution < -0.4 is 15.4 Å². The summed E-state index contributed by atoms with van der Waals surface area (Å²) >= 11 is 4.45. The van der Waals surface area contributed by atoms with Crippen LogP contribution in [-0.2, 0) is 23.9 Å². The standard InChI is InChI=1S/C22H24BrN3O6S/c1-30-16-6-5-12(8-15(16)23)18-14(9-24)21(26-20(28)19(18)22(29)31-2)33-11-17(27)25-10-13-4-3-7-32-13/h5-6,8,13,18-19H,3-4,7,10-11H2,1-2H3,(H,25,27)(H,26,28)/t13-,18-,19-/m0/s1. The van der Waals surface area contributed by atoms with Gasteiger partial charge in [0, 0.05) is 19.1 Å². The normalized spacial score (nSPS) is 22.4. The molecule has 0 bridgehead atoms. The van der Waals surface area contributed by atoms with Crippen molar-refractivity contribution in [1.29, 1.82) is 5.26 Å². The number of allylic oxidation sites excluding steroid dienone is 1. The van der Waals surface area contributed by atoms with E-state index < -0.39 is 23.7 Å². The highest BCUT2D eigenvalue weighted by atomic mass is 79.9. The zero-order chi connectivity index (χ0) is 24.0. The van der Waals surface area contributed by atoms with E-state index in [0.717, 1.165) is 24.6 Å². The SMILES string of the molecule is COC(=O)[C@@H]1C(=O)NC(SCC(=O)NC[C@@H]2CCCO2)=C(C#N)[C@@H]1c1ccc(OC)c(Br)c1. The largest absolute Gasteiger partial charge is 0.496 e. The Labute approximate surface area is 204 Å². The van der Waals surface area contributed by atoms with E-state index in [1.54, 1.807) is 18.2 Å². The number of hydrogen-bond acceptors (Lipinski definition) is 8. The minimum Gasteiger partial charge on any atom is -0.496 e. The number of methoxy groups -OCH3 is 2. The van der Waals surface area contributed by atoms with Crippen LogP contribution in [0.25, 0.3) is 0 Å². The van der Waals surface area contributed by atoms with Gasteiger partial charge in [-0.1, -0.05) is 17.8 Å². The minimum absolute atomic E-state index is 0.00453. The van der Waals surface area contributed by atoms with Crippen LogP contribution in [0.1, 0.15) is 24.3 Å². The second-order valence-electron chi connectivity index (χ2n) is 7.44. The number of nitrogens with one attached hydrogen (secondary N) is 2. The highest BCUT2D eigenvalue weighted by molar-refractivity contribution is 9.10. The maximum absolute atomic E-state index is 12.9. The van der Waals surface area contributed by atoms with Crippen molar-refractivity contribution in [3.8, 4) is 11.8 Å². The molecule has 1 saturated heterocycles. The molecule has 0 spiro atoms. The van der Waals surface area contributed by atoms with Crippen molar-refractivity contribution in [2.24, 2.45) is 5.92 Å². The first-order valence-corrected chi connectivity index (χ1v) is 12.0. The number of esters is 1. The van der Waals surface area contributed by atoms with Crippen molar-refractivity contribution >= 4 is 45.5 Å². The molecule has 0 radical (unpaired) electrons. The van der Waals surface area contributed by atoms with Gasteiger partial charge in [-0.3, -0.25) is 14.4 Å². The minimum atomic E-state index is -1.25. The summed E-state index contributed by atoms with van der Waals surface area (Å²) in [6.45, 7) is 1.12. The quantitative estimate of drug-likeness (QED) is 0.381. The fourth-order valence-electron chi connectivity index (χ4n) is 3.78. The van der Waals surface area contributed by atoms with Crippen LogP contribution in [0.3, 0.4) is 0 Å². The maximum Gasteiger partial charge on any atom is 0.319 e. The molecule has 3 atom stereocenters. The van der Waals surface area contributed by atoms with Crippen LogP contribution >= 0.6 is 27.7 Å². The topological polar surface area (TPSA) is 127 Å². The van der Waals surface area contributed by atoms with Crippen molar-refractivity contribution in [3.05, 3.63) is 38.8 Å². The molecule has 0 aromatic heterocycles. The Kier molecular flexibility index (Phi) is 8.77. The molecule has 1 fully saturated rings. The number of halogens is 1. The van der Waals surface area contributed by atoms with Crippen molar-refractivity contribution in [1.82, 2.24) is 10.6 Å². The molecule has 2 aliphatic rings. The third kappa shape index (κ3) is 5.88. The zero-order valence-electron chi connectivity index (χ0n) is 18.2. The summed E-state index contributed by atoms with van der Waals surface area (Å²) in [5, 5.41) is 15.6. The molecule has 11 heteroatoms. The van der Waals surface area contributed by atoms with E-state index in [1.165, 1.54) is 14.2 Å². The van der Waals surface area contributed by atoms with Crippen LogP contribution in [0.4, 0.5) is 0 Å². The first-order valence-electron chi connectivity index (χ1n) is 10.3.